The van der Waals surface area contributed by atoms with Gasteiger partial charge in [0.1, 0.15) is 18.1 Å². The normalized spacial score (nSPS) is 10.2. The maximum Gasteiger partial charge on any atom is 0.226 e. The molecule has 0 fully saturated rings. The third kappa shape index (κ3) is 7.01. The van der Waals surface area contributed by atoms with Crippen LogP contribution in [0.2, 0.25) is 0 Å². The van der Waals surface area contributed by atoms with Crippen LogP contribution in [0.5, 0.6) is 11.5 Å². The van der Waals surface area contributed by atoms with Gasteiger partial charge in [-0.15, -0.1) is 0 Å². The predicted molar refractivity (Wildman–Crippen MR) is 105 cm³/mol. The quantitative estimate of drug-likeness (QED) is 0.736. The highest BCUT2D eigenvalue weighted by molar-refractivity contribution is 5.91. The first-order chi connectivity index (χ1) is 13.0. The number of nitrogens with one attached hydrogen (secondary N) is 1. The van der Waals surface area contributed by atoms with Crippen molar-refractivity contribution in [3.05, 3.63) is 54.1 Å². The largest absolute Gasteiger partial charge is 0.497 e. The molecule has 0 atom stereocenters. The van der Waals surface area contributed by atoms with E-state index in [1.165, 1.54) is 6.92 Å². The Kier molecular flexibility index (Phi) is 7.67. The summed E-state index contributed by atoms with van der Waals surface area (Å²) in [5.74, 6) is 1.25. The van der Waals surface area contributed by atoms with Crippen molar-refractivity contribution in [1.82, 2.24) is 4.90 Å². The number of hydrogen-bond acceptors (Lipinski definition) is 4. The van der Waals surface area contributed by atoms with Crippen LogP contribution in [0.15, 0.2) is 48.5 Å². The van der Waals surface area contributed by atoms with Crippen LogP contribution in [-0.4, -0.2) is 43.5 Å². The van der Waals surface area contributed by atoms with Gasteiger partial charge in [0.2, 0.25) is 11.8 Å². The highest BCUT2D eigenvalue weighted by atomic mass is 16.5. The number of carbonyl (C=O) groups excluding carboxylic acids is 2. The van der Waals surface area contributed by atoms with Crippen molar-refractivity contribution in [2.45, 2.75) is 20.3 Å². The molecule has 2 aromatic rings. The van der Waals surface area contributed by atoms with E-state index in [0.717, 1.165) is 17.0 Å². The minimum atomic E-state index is -0.124. The van der Waals surface area contributed by atoms with Gasteiger partial charge in [-0.25, -0.2) is 0 Å². The van der Waals surface area contributed by atoms with Crippen LogP contribution < -0.4 is 14.8 Å². The number of ether oxygens (including phenoxy) is 2. The number of aryl methyl sites for hydroxylation is 1. The van der Waals surface area contributed by atoms with Gasteiger partial charge in [-0.2, -0.15) is 0 Å². The summed E-state index contributed by atoms with van der Waals surface area (Å²) < 4.78 is 10.7. The first-order valence-electron chi connectivity index (χ1n) is 8.87. The van der Waals surface area contributed by atoms with Gasteiger partial charge in [-0.3, -0.25) is 9.59 Å². The molecule has 1 N–H and O–H groups in total. The molecule has 0 aromatic heterocycles. The first kappa shape index (κ1) is 20.3. The molecular formula is C21H26N2O4. The number of benzene rings is 2. The molecule has 2 rings (SSSR count). The lowest BCUT2D eigenvalue weighted by Gasteiger charge is -2.21. The van der Waals surface area contributed by atoms with Gasteiger partial charge in [0, 0.05) is 25.6 Å². The molecule has 0 radical (unpaired) electrons. The predicted octanol–water partition coefficient (Wildman–Crippen LogP) is 3.26. The van der Waals surface area contributed by atoms with E-state index in [2.05, 4.69) is 5.32 Å². The second kappa shape index (κ2) is 10.2. The number of hydrogen-bond donors (Lipinski definition) is 1. The fourth-order valence-electron chi connectivity index (χ4n) is 2.47. The van der Waals surface area contributed by atoms with Crippen LogP contribution in [0.3, 0.4) is 0 Å². The topological polar surface area (TPSA) is 67.9 Å². The molecule has 27 heavy (non-hydrogen) atoms. The molecule has 144 valence electrons. The molecule has 0 saturated heterocycles. The summed E-state index contributed by atoms with van der Waals surface area (Å²) in [5, 5.41) is 2.84. The molecule has 0 spiro atoms. The zero-order valence-corrected chi connectivity index (χ0v) is 16.0. The third-order valence-corrected chi connectivity index (χ3v) is 4.08. The number of methoxy groups -OCH3 is 1. The molecule has 0 aliphatic rings. The third-order valence-electron chi connectivity index (χ3n) is 4.08. The van der Waals surface area contributed by atoms with E-state index < -0.39 is 0 Å². The Labute approximate surface area is 160 Å². The van der Waals surface area contributed by atoms with Gasteiger partial charge in [0.15, 0.2) is 0 Å². The molecule has 2 aromatic carbocycles. The van der Waals surface area contributed by atoms with Gasteiger partial charge in [0.25, 0.3) is 0 Å². The van der Waals surface area contributed by atoms with E-state index >= 15 is 0 Å². The Morgan fingerprint density at radius 2 is 1.59 bits per heavy atom. The SMILES string of the molecule is COc1ccc(OCCN(CCC(=O)Nc2ccc(C)cc2)C(C)=O)cc1. The Morgan fingerprint density at radius 3 is 2.19 bits per heavy atom. The number of carbonyl (C=O) groups is 2. The average molecular weight is 370 g/mol. The van der Waals surface area contributed by atoms with Crippen molar-refractivity contribution < 1.29 is 19.1 Å². The summed E-state index contributed by atoms with van der Waals surface area (Å²) in [7, 11) is 1.61. The van der Waals surface area contributed by atoms with Gasteiger partial charge in [-0.05, 0) is 43.3 Å². The second-order valence-electron chi connectivity index (χ2n) is 6.19. The van der Waals surface area contributed by atoms with E-state index in [-0.39, 0.29) is 18.2 Å². The number of rotatable bonds is 9. The summed E-state index contributed by atoms with van der Waals surface area (Å²) >= 11 is 0. The van der Waals surface area contributed by atoms with Crippen molar-refractivity contribution in [2.75, 3.05) is 32.1 Å². The van der Waals surface area contributed by atoms with E-state index in [1.807, 2.05) is 55.5 Å². The minimum absolute atomic E-state index is 0.0866. The molecule has 0 aliphatic heterocycles. The fraction of sp³-hybridized carbons (Fsp3) is 0.333. The minimum Gasteiger partial charge on any atom is -0.497 e. The van der Waals surface area contributed by atoms with Crippen LogP contribution in [0.1, 0.15) is 18.9 Å². The molecule has 0 heterocycles. The molecular weight excluding hydrogens is 344 g/mol. The first-order valence-corrected chi connectivity index (χ1v) is 8.87. The molecule has 0 bridgehead atoms. The summed E-state index contributed by atoms with van der Waals surface area (Å²) in [6.45, 7) is 4.60. The molecule has 0 saturated carbocycles. The van der Waals surface area contributed by atoms with Gasteiger partial charge in [0.05, 0.1) is 13.7 Å². The Morgan fingerprint density at radius 1 is 0.963 bits per heavy atom. The highest BCUT2D eigenvalue weighted by Crippen LogP contribution is 2.17. The van der Waals surface area contributed by atoms with Crippen molar-refractivity contribution in [3.8, 4) is 11.5 Å². The highest BCUT2D eigenvalue weighted by Gasteiger charge is 2.11. The summed E-state index contributed by atoms with van der Waals surface area (Å²) in [4.78, 5) is 25.5. The summed E-state index contributed by atoms with van der Waals surface area (Å²) in [5.41, 5.74) is 1.88. The van der Waals surface area contributed by atoms with E-state index in [0.29, 0.717) is 25.4 Å². The molecule has 6 nitrogen and oxygen atoms in total. The van der Waals surface area contributed by atoms with Crippen LogP contribution in [-0.2, 0) is 9.59 Å². The lowest BCUT2D eigenvalue weighted by molar-refractivity contribution is -0.129. The number of nitrogens with zero attached hydrogens (tertiary/aromatic N) is 1. The van der Waals surface area contributed by atoms with Crippen molar-refractivity contribution in [2.24, 2.45) is 0 Å². The zero-order chi connectivity index (χ0) is 19.6. The fourth-order valence-corrected chi connectivity index (χ4v) is 2.47. The van der Waals surface area contributed by atoms with Crippen LogP contribution in [0.4, 0.5) is 5.69 Å². The standard InChI is InChI=1S/C21H26N2O4/c1-16-4-6-18(7-5-16)22-21(25)12-13-23(17(2)24)14-15-27-20-10-8-19(26-3)9-11-20/h4-11H,12-15H2,1-3H3,(H,22,25). The lowest BCUT2D eigenvalue weighted by Crippen LogP contribution is -2.35. The lowest BCUT2D eigenvalue weighted by atomic mass is 10.2. The van der Waals surface area contributed by atoms with Crippen LogP contribution >= 0.6 is 0 Å². The maximum absolute atomic E-state index is 12.1. The molecule has 0 aliphatic carbocycles. The zero-order valence-electron chi connectivity index (χ0n) is 16.0. The van der Waals surface area contributed by atoms with Gasteiger partial charge in [-0.1, -0.05) is 17.7 Å². The van der Waals surface area contributed by atoms with Crippen molar-refractivity contribution in [3.63, 3.8) is 0 Å². The van der Waals surface area contributed by atoms with E-state index in [1.54, 1.807) is 12.0 Å². The Hall–Kier alpha value is -3.02. The van der Waals surface area contributed by atoms with Gasteiger partial charge >= 0.3 is 0 Å². The van der Waals surface area contributed by atoms with Crippen molar-refractivity contribution >= 4 is 17.5 Å². The summed E-state index contributed by atoms with van der Waals surface area (Å²) in [6.07, 6.45) is 0.232. The second-order valence-corrected chi connectivity index (χ2v) is 6.19. The van der Waals surface area contributed by atoms with Crippen LogP contribution in [0.25, 0.3) is 0 Å². The number of anilines is 1. The number of amides is 2. The average Bonchev–Trinajstić information content (AvgIpc) is 2.66. The monoisotopic (exact) mass is 370 g/mol. The van der Waals surface area contributed by atoms with E-state index in [4.69, 9.17) is 9.47 Å². The Bertz CT molecular complexity index is 742. The Balaban J connectivity index is 1.76. The summed E-state index contributed by atoms with van der Waals surface area (Å²) in [6, 6.07) is 14.8. The smallest absolute Gasteiger partial charge is 0.226 e. The molecule has 2 amide bonds. The van der Waals surface area contributed by atoms with Gasteiger partial charge < -0.3 is 19.7 Å². The van der Waals surface area contributed by atoms with Crippen LogP contribution in [0, 0.1) is 6.92 Å². The molecule has 6 heteroatoms. The van der Waals surface area contributed by atoms with E-state index in [9.17, 15) is 9.59 Å². The van der Waals surface area contributed by atoms with Crippen molar-refractivity contribution in [1.29, 1.82) is 0 Å². The molecule has 0 unspecified atom stereocenters. The maximum atomic E-state index is 12.1.